The molecule has 0 fully saturated rings. The van der Waals surface area contributed by atoms with Gasteiger partial charge >= 0.3 is 5.97 Å². The highest BCUT2D eigenvalue weighted by Gasteiger charge is 2.32. The smallest absolute Gasteiger partial charge is 0.315 e. The molecular weight excluding hydrogens is 482 g/mol. The van der Waals surface area contributed by atoms with E-state index in [2.05, 4.69) is 47.4 Å². The first kappa shape index (κ1) is 26.7. The predicted octanol–water partition coefficient (Wildman–Crippen LogP) is 6.64. The van der Waals surface area contributed by atoms with Crippen molar-refractivity contribution < 1.29 is 14.3 Å². The van der Waals surface area contributed by atoms with Gasteiger partial charge < -0.3 is 14.0 Å². The van der Waals surface area contributed by atoms with Crippen LogP contribution >= 0.6 is 11.8 Å². The van der Waals surface area contributed by atoms with Gasteiger partial charge in [-0.2, -0.15) is 0 Å². The van der Waals surface area contributed by atoms with E-state index < -0.39 is 5.92 Å². The second-order valence-corrected chi connectivity index (χ2v) is 12.0. The van der Waals surface area contributed by atoms with Gasteiger partial charge in [0.2, 0.25) is 0 Å². The zero-order valence-corrected chi connectivity index (χ0v) is 23.3. The number of pyridine rings is 2. The number of ether oxygens (including phenoxy) is 2. The lowest BCUT2D eigenvalue weighted by Crippen LogP contribution is -2.22. The van der Waals surface area contributed by atoms with Crippen LogP contribution in [0.1, 0.15) is 56.1 Å². The highest BCUT2D eigenvalue weighted by molar-refractivity contribution is 8.00. The second-order valence-electron chi connectivity index (χ2n) is 10.1. The Balaban J connectivity index is 1.79. The summed E-state index contributed by atoms with van der Waals surface area (Å²) in [6.45, 7) is 11.2. The Hall–Kier alpha value is -3.32. The van der Waals surface area contributed by atoms with Crippen LogP contribution in [-0.4, -0.2) is 31.9 Å². The third kappa shape index (κ3) is 6.52. The van der Waals surface area contributed by atoms with Gasteiger partial charge in [-0.3, -0.25) is 14.8 Å². The summed E-state index contributed by atoms with van der Waals surface area (Å²) in [5.74, 6) is 0.0956. The van der Waals surface area contributed by atoms with E-state index in [1.54, 1.807) is 24.2 Å². The Morgan fingerprint density at radius 1 is 1.11 bits per heavy atom. The van der Waals surface area contributed by atoms with Crippen LogP contribution in [0.3, 0.4) is 0 Å². The van der Waals surface area contributed by atoms with Crippen molar-refractivity contribution in [2.45, 2.75) is 63.2 Å². The Bertz CT molecular complexity index is 1360. The monoisotopic (exact) mass is 517 g/mol. The topological polar surface area (TPSA) is 66.2 Å². The summed E-state index contributed by atoms with van der Waals surface area (Å²) >= 11 is 1.77. The fraction of sp³-hybridized carbons (Fsp3) is 0.367. The van der Waals surface area contributed by atoms with Crippen LogP contribution in [0.15, 0.2) is 66.0 Å². The van der Waals surface area contributed by atoms with E-state index in [4.69, 9.17) is 9.47 Å². The maximum Gasteiger partial charge on any atom is 0.315 e. The molecule has 0 aliphatic heterocycles. The molecule has 0 N–H and O–H groups in total. The molecule has 194 valence electrons. The number of benzene rings is 1. The van der Waals surface area contributed by atoms with Gasteiger partial charge in [0.15, 0.2) is 0 Å². The van der Waals surface area contributed by atoms with Crippen LogP contribution in [0.2, 0.25) is 0 Å². The van der Waals surface area contributed by atoms with E-state index in [1.807, 2.05) is 57.4 Å². The van der Waals surface area contributed by atoms with E-state index >= 15 is 0 Å². The largest absolute Gasteiger partial charge is 0.487 e. The summed E-state index contributed by atoms with van der Waals surface area (Å²) in [4.78, 5) is 23.0. The minimum absolute atomic E-state index is 0.0679. The van der Waals surface area contributed by atoms with Crippen molar-refractivity contribution in [1.82, 2.24) is 14.5 Å². The average molecular weight is 518 g/mol. The summed E-state index contributed by atoms with van der Waals surface area (Å²) in [5.41, 5.74) is 5.05. The highest BCUT2D eigenvalue weighted by Crippen LogP contribution is 2.45. The number of carbonyl (C=O) groups is 1. The van der Waals surface area contributed by atoms with E-state index in [9.17, 15) is 4.79 Å². The summed E-state index contributed by atoms with van der Waals surface area (Å²) in [7, 11) is 2.03. The molecule has 0 radical (unpaired) electrons. The summed E-state index contributed by atoms with van der Waals surface area (Å²) in [6, 6.07) is 14.1. The number of thioether (sulfide) groups is 1. The number of aryl methyl sites for hydroxylation is 2. The van der Waals surface area contributed by atoms with Crippen molar-refractivity contribution in [2.75, 3.05) is 6.61 Å². The molecule has 1 aromatic carbocycles. The molecule has 6 nitrogen and oxygen atoms in total. The van der Waals surface area contributed by atoms with Gasteiger partial charge in [0.1, 0.15) is 18.3 Å². The number of nitrogens with zero attached hydrogens (tertiary/aromatic N) is 3. The predicted molar refractivity (Wildman–Crippen MR) is 149 cm³/mol. The molecule has 0 saturated carbocycles. The zero-order chi connectivity index (χ0) is 26.6. The van der Waals surface area contributed by atoms with Crippen molar-refractivity contribution >= 4 is 28.6 Å². The molecule has 4 aromatic rings. The Kier molecular flexibility index (Phi) is 8.22. The molecule has 3 heterocycles. The lowest BCUT2D eigenvalue weighted by Gasteiger charge is -2.23. The van der Waals surface area contributed by atoms with E-state index in [-0.39, 0.29) is 10.7 Å². The molecule has 0 amide bonds. The van der Waals surface area contributed by atoms with Crippen molar-refractivity contribution in [1.29, 1.82) is 0 Å². The lowest BCUT2D eigenvalue weighted by molar-refractivity contribution is -0.145. The summed E-state index contributed by atoms with van der Waals surface area (Å²) in [6.07, 6.45) is 5.90. The SMILES string of the molecule is CCOC(=O)C(Cc1ccncc1)c1c(SC(C)(C)C)c2cc(OCc3ccc(C)cn3)ccc2n1C. The fourth-order valence-electron chi connectivity index (χ4n) is 4.33. The van der Waals surface area contributed by atoms with Crippen molar-refractivity contribution in [2.24, 2.45) is 7.05 Å². The van der Waals surface area contributed by atoms with Gasteiger partial charge in [0, 0.05) is 51.9 Å². The minimum Gasteiger partial charge on any atom is -0.487 e. The molecule has 1 atom stereocenters. The standard InChI is InChI=1S/C30H35N3O3S/c1-7-35-29(34)25(16-21-12-14-31-15-13-21)27-28(37-30(3,4)5)24-17-23(10-11-26(24)33(27)6)36-19-22-9-8-20(2)18-32-22/h8-15,17-18,25H,7,16,19H2,1-6H3. The highest BCUT2D eigenvalue weighted by atomic mass is 32.2. The molecule has 0 saturated heterocycles. The molecule has 3 aromatic heterocycles. The number of esters is 1. The van der Waals surface area contributed by atoms with Crippen molar-refractivity contribution in [3.63, 3.8) is 0 Å². The summed E-state index contributed by atoms with van der Waals surface area (Å²) < 4.78 is 13.8. The normalized spacial score (nSPS) is 12.5. The molecule has 37 heavy (non-hydrogen) atoms. The second kappa shape index (κ2) is 11.4. The molecule has 0 aliphatic rings. The molecule has 0 aliphatic carbocycles. The number of aromatic nitrogens is 3. The first-order chi connectivity index (χ1) is 17.7. The molecule has 1 unspecified atom stereocenters. The van der Waals surface area contributed by atoms with Crippen molar-refractivity contribution in [3.05, 3.63) is 83.6 Å². The van der Waals surface area contributed by atoms with Gasteiger partial charge in [0.05, 0.1) is 12.3 Å². The molecule has 0 spiro atoms. The number of carbonyl (C=O) groups excluding carboxylic acids is 1. The summed E-state index contributed by atoms with van der Waals surface area (Å²) in [5, 5.41) is 1.07. The van der Waals surface area contributed by atoms with Crippen LogP contribution in [-0.2, 0) is 29.6 Å². The van der Waals surface area contributed by atoms with E-state index in [0.29, 0.717) is 19.6 Å². The van der Waals surface area contributed by atoms with Crippen LogP contribution in [0.5, 0.6) is 5.75 Å². The number of hydrogen-bond acceptors (Lipinski definition) is 6. The van der Waals surface area contributed by atoms with Crippen LogP contribution in [0.4, 0.5) is 0 Å². The van der Waals surface area contributed by atoms with Crippen LogP contribution < -0.4 is 4.74 Å². The van der Waals surface area contributed by atoms with Crippen LogP contribution in [0.25, 0.3) is 10.9 Å². The van der Waals surface area contributed by atoms with Gasteiger partial charge in [-0.25, -0.2) is 0 Å². The molecule has 4 rings (SSSR count). The third-order valence-electron chi connectivity index (χ3n) is 6.03. The average Bonchev–Trinajstić information content (AvgIpc) is 3.12. The number of rotatable bonds is 9. The maximum absolute atomic E-state index is 13.4. The Morgan fingerprint density at radius 2 is 1.86 bits per heavy atom. The number of hydrogen-bond donors (Lipinski definition) is 0. The van der Waals surface area contributed by atoms with Crippen LogP contribution in [0, 0.1) is 6.92 Å². The van der Waals surface area contributed by atoms with E-state index in [1.165, 1.54) is 0 Å². The fourth-order valence-corrected chi connectivity index (χ4v) is 5.60. The zero-order valence-electron chi connectivity index (χ0n) is 22.4. The quantitative estimate of drug-likeness (QED) is 0.183. The van der Waals surface area contributed by atoms with Gasteiger partial charge in [-0.15, -0.1) is 11.8 Å². The minimum atomic E-state index is -0.453. The van der Waals surface area contributed by atoms with Crippen molar-refractivity contribution in [3.8, 4) is 5.75 Å². The number of fused-ring (bicyclic) bond motifs is 1. The molecule has 0 bridgehead atoms. The maximum atomic E-state index is 13.4. The third-order valence-corrected chi connectivity index (χ3v) is 7.27. The van der Waals surface area contributed by atoms with Gasteiger partial charge in [0.25, 0.3) is 0 Å². The Morgan fingerprint density at radius 3 is 2.51 bits per heavy atom. The molecular formula is C30H35N3O3S. The Labute approximate surface area is 223 Å². The first-order valence-corrected chi connectivity index (χ1v) is 13.4. The lowest BCUT2D eigenvalue weighted by atomic mass is 9.96. The van der Waals surface area contributed by atoms with Gasteiger partial charge in [-0.1, -0.05) is 26.8 Å². The van der Waals surface area contributed by atoms with E-state index in [0.717, 1.165) is 44.1 Å². The first-order valence-electron chi connectivity index (χ1n) is 12.6. The molecule has 7 heteroatoms. The van der Waals surface area contributed by atoms with Gasteiger partial charge in [-0.05, 0) is 67.8 Å².